The van der Waals surface area contributed by atoms with Crippen LogP contribution in [0.5, 0.6) is 0 Å². The average Bonchev–Trinajstić information content (AvgIpc) is 0.918. The van der Waals surface area contributed by atoms with Crippen LogP contribution in [0.1, 0.15) is 6.92 Å². The summed E-state index contributed by atoms with van der Waals surface area (Å²) in [4.78, 5) is 0. The van der Waals surface area contributed by atoms with Gasteiger partial charge in [-0.25, -0.2) is 0 Å². The van der Waals surface area contributed by atoms with Crippen LogP contribution in [-0.4, -0.2) is 5.88 Å². The van der Waals surface area contributed by atoms with Crippen molar-refractivity contribution < 1.29 is 0 Å². The van der Waals surface area contributed by atoms with E-state index >= 15 is 0 Å². The summed E-state index contributed by atoms with van der Waals surface area (Å²) in [7, 11) is 0. The second-order valence-electron chi connectivity index (χ2n) is 0.267. The van der Waals surface area contributed by atoms with Gasteiger partial charge in [-0.3, -0.25) is 0 Å². The first kappa shape index (κ1) is 8.82. The largest absolute Gasteiger partial charge is 0.197 e. The quantitative estimate of drug-likeness (QED) is 0.402. The zero-order chi connectivity index (χ0) is 2.71. The lowest BCUT2D eigenvalue weighted by Crippen LogP contribution is -1.36. The van der Waals surface area contributed by atoms with E-state index < -0.39 is 0 Å². The maximum atomic E-state index is 5.00. The van der Waals surface area contributed by atoms with Crippen molar-refractivity contribution in [1.82, 2.24) is 0 Å². The van der Waals surface area contributed by atoms with Crippen LogP contribution >= 0.6 is 25.1 Å². The molecule has 0 amide bonds. The molecule has 0 rings (SSSR count). The van der Waals surface area contributed by atoms with Crippen molar-refractivity contribution in [2.24, 2.45) is 0 Å². The Morgan fingerprint density at radius 2 is 1.75 bits per heavy atom. The molecule has 0 nitrogen and oxygen atoms in total. The molecule has 0 heterocycles. The summed E-state index contributed by atoms with van der Waals surface area (Å²) in [6, 6.07) is 0. The molecule has 0 aromatic rings. The van der Waals surface area contributed by atoms with E-state index in [-0.39, 0.29) is 13.5 Å². The van der Waals surface area contributed by atoms with Crippen LogP contribution in [0, 0.1) is 0 Å². The molecule has 0 fully saturated rings. The molecule has 0 aromatic carbocycles. The number of halogens is 1. The molecule has 2 heteroatoms. The molecule has 28 valence electrons. The zero-order valence-corrected chi connectivity index (χ0v) is 4.34. The Morgan fingerprint density at radius 3 is 1.75 bits per heavy atom. The fraction of sp³-hybridized carbons (Fsp3) is 1.00. The molecule has 0 bridgehead atoms. The average molecular weight is 98.6 g/mol. The van der Waals surface area contributed by atoms with Gasteiger partial charge in [0.05, 0.1) is 0 Å². The van der Waals surface area contributed by atoms with Crippen molar-refractivity contribution in [2.75, 3.05) is 5.88 Å². The highest BCUT2D eigenvalue weighted by Gasteiger charge is 1.38. The Bertz CT molecular complexity index is 6.00. The summed E-state index contributed by atoms with van der Waals surface area (Å²) in [6.45, 7) is 1.89. The smallest absolute Gasteiger partial charge is 0.0195 e. The monoisotopic (exact) mass is 98.0 g/mol. The third kappa shape index (κ3) is 17.3. The number of alkyl halides is 1. The Balaban J connectivity index is 0. The first-order valence-corrected chi connectivity index (χ1v) is 1.51. The van der Waals surface area contributed by atoms with Crippen LogP contribution in [0.15, 0.2) is 0 Å². The molecule has 0 saturated heterocycles. The highest BCUT2D eigenvalue weighted by Crippen LogP contribution is 1.59. The molecular formula is C2H7ClS. The van der Waals surface area contributed by atoms with Gasteiger partial charge in [0.15, 0.2) is 0 Å². The van der Waals surface area contributed by atoms with E-state index in [4.69, 9.17) is 11.6 Å². The maximum absolute atomic E-state index is 5.00. The van der Waals surface area contributed by atoms with E-state index in [1.54, 1.807) is 0 Å². The van der Waals surface area contributed by atoms with Gasteiger partial charge in [0.1, 0.15) is 0 Å². The minimum Gasteiger partial charge on any atom is -0.197 e. The minimum atomic E-state index is 0. The van der Waals surface area contributed by atoms with Crippen LogP contribution < -0.4 is 0 Å². The standard InChI is InChI=1S/C2H5Cl.H2S/c1-2-3;/h2H2,1H3;1H2. The Kier molecular flexibility index (Phi) is 20.8. The molecule has 0 aliphatic heterocycles. The molecule has 0 radical (unpaired) electrons. The van der Waals surface area contributed by atoms with Crippen molar-refractivity contribution in [2.45, 2.75) is 6.92 Å². The van der Waals surface area contributed by atoms with Crippen LogP contribution in [0.4, 0.5) is 0 Å². The normalized spacial score (nSPS) is 4.50. The summed E-state index contributed by atoms with van der Waals surface area (Å²) >= 11 is 5.00. The van der Waals surface area contributed by atoms with Crippen LogP contribution in [0.25, 0.3) is 0 Å². The summed E-state index contributed by atoms with van der Waals surface area (Å²) < 4.78 is 0. The van der Waals surface area contributed by atoms with Crippen LogP contribution in [0.3, 0.4) is 0 Å². The number of rotatable bonds is 0. The third-order valence-electron chi connectivity index (χ3n) is 0. The fourth-order valence-corrected chi connectivity index (χ4v) is 0. The minimum absolute atomic E-state index is 0. The Hall–Kier alpha value is 0.640. The van der Waals surface area contributed by atoms with E-state index in [9.17, 15) is 0 Å². The van der Waals surface area contributed by atoms with Crippen molar-refractivity contribution in [3.05, 3.63) is 0 Å². The van der Waals surface area contributed by atoms with Crippen LogP contribution in [-0.2, 0) is 0 Å². The van der Waals surface area contributed by atoms with Crippen molar-refractivity contribution >= 4 is 25.1 Å². The summed E-state index contributed by atoms with van der Waals surface area (Å²) in [6.07, 6.45) is 0. The Morgan fingerprint density at radius 1 is 1.75 bits per heavy atom. The Labute approximate surface area is 38.6 Å². The van der Waals surface area contributed by atoms with Gasteiger partial charge in [-0.05, 0) is 0 Å². The number of hydrogen-bond donors (Lipinski definition) is 0. The lowest BCUT2D eigenvalue weighted by molar-refractivity contribution is 1.51. The molecule has 0 aliphatic carbocycles. The summed E-state index contributed by atoms with van der Waals surface area (Å²) in [5, 5.41) is 0. The highest BCUT2D eigenvalue weighted by molar-refractivity contribution is 7.59. The molecule has 0 saturated carbocycles. The lowest BCUT2D eigenvalue weighted by atomic mass is 11.0. The molecule has 0 N–H and O–H groups in total. The van der Waals surface area contributed by atoms with Gasteiger partial charge >= 0.3 is 0 Å². The maximum Gasteiger partial charge on any atom is 0.0195 e. The van der Waals surface area contributed by atoms with Crippen molar-refractivity contribution in [3.63, 3.8) is 0 Å². The van der Waals surface area contributed by atoms with E-state index in [1.165, 1.54) is 0 Å². The van der Waals surface area contributed by atoms with E-state index in [1.807, 2.05) is 6.92 Å². The third-order valence-corrected chi connectivity index (χ3v) is 0. The van der Waals surface area contributed by atoms with E-state index in [0.717, 1.165) is 5.88 Å². The molecule has 0 atom stereocenters. The predicted octanol–water partition coefficient (Wildman–Crippen LogP) is 1.36. The molecular weight excluding hydrogens is 91.5 g/mol. The highest BCUT2D eigenvalue weighted by atomic mass is 35.5. The fourth-order valence-electron chi connectivity index (χ4n) is 0. The van der Waals surface area contributed by atoms with Gasteiger partial charge < -0.3 is 0 Å². The lowest BCUT2D eigenvalue weighted by Gasteiger charge is -1.45. The molecule has 4 heavy (non-hydrogen) atoms. The zero-order valence-electron chi connectivity index (χ0n) is 2.59. The van der Waals surface area contributed by atoms with Gasteiger partial charge in [-0.1, -0.05) is 6.92 Å². The van der Waals surface area contributed by atoms with Gasteiger partial charge in [0.2, 0.25) is 0 Å². The second kappa shape index (κ2) is 9.43. The first-order valence-electron chi connectivity index (χ1n) is 0.974. The molecule has 0 aliphatic rings. The van der Waals surface area contributed by atoms with Gasteiger partial charge in [0.25, 0.3) is 0 Å². The molecule has 0 spiro atoms. The SMILES string of the molecule is CCCl.S. The molecule has 0 unspecified atom stereocenters. The van der Waals surface area contributed by atoms with Crippen molar-refractivity contribution in [3.8, 4) is 0 Å². The summed E-state index contributed by atoms with van der Waals surface area (Å²) in [5.74, 6) is 0.722. The second-order valence-corrected chi connectivity index (χ2v) is 0.802. The topological polar surface area (TPSA) is 0 Å². The van der Waals surface area contributed by atoms with Gasteiger partial charge in [-0.2, -0.15) is 13.5 Å². The van der Waals surface area contributed by atoms with Crippen LogP contribution in [0.2, 0.25) is 0 Å². The predicted molar refractivity (Wildman–Crippen MR) is 26.8 cm³/mol. The van der Waals surface area contributed by atoms with Gasteiger partial charge in [-0.15, -0.1) is 11.6 Å². The van der Waals surface area contributed by atoms with E-state index in [2.05, 4.69) is 0 Å². The van der Waals surface area contributed by atoms with Crippen molar-refractivity contribution in [1.29, 1.82) is 0 Å². The van der Waals surface area contributed by atoms with E-state index in [0.29, 0.717) is 0 Å². The molecule has 0 aromatic heterocycles. The van der Waals surface area contributed by atoms with Gasteiger partial charge in [0, 0.05) is 5.88 Å². The first-order chi connectivity index (χ1) is 1.41. The number of hydrogen-bond acceptors (Lipinski definition) is 0. The summed E-state index contributed by atoms with van der Waals surface area (Å²) in [5.41, 5.74) is 0.